The van der Waals surface area contributed by atoms with Crippen LogP contribution in [0.4, 0.5) is 11.4 Å². The molecule has 3 aromatic carbocycles. The number of rotatable bonds is 4. The first-order valence-corrected chi connectivity index (χ1v) is 10.3. The van der Waals surface area contributed by atoms with E-state index in [-0.39, 0.29) is 0 Å². The number of anilines is 2. The highest BCUT2D eigenvalue weighted by Crippen LogP contribution is 2.34. The van der Waals surface area contributed by atoms with Crippen molar-refractivity contribution in [1.82, 2.24) is 15.3 Å². The van der Waals surface area contributed by atoms with E-state index in [9.17, 15) is 0 Å². The van der Waals surface area contributed by atoms with Crippen LogP contribution in [0.2, 0.25) is 5.02 Å². The van der Waals surface area contributed by atoms with Gasteiger partial charge in [0.15, 0.2) is 0 Å². The maximum Gasteiger partial charge on any atom is 0.101 e. The predicted molar refractivity (Wildman–Crippen MR) is 129 cm³/mol. The first kappa shape index (κ1) is 19.1. The van der Waals surface area contributed by atoms with Gasteiger partial charge in [-0.2, -0.15) is 0 Å². The molecular formula is C26H19ClN4. The SMILES string of the molecule is Clc1ccccc1Nc1ccc2ncc(-c3ccccc3)nc2c1C1=CC=CC=CN1. The van der Waals surface area contributed by atoms with Gasteiger partial charge >= 0.3 is 0 Å². The number of hydrogen-bond donors (Lipinski definition) is 2. The summed E-state index contributed by atoms with van der Waals surface area (Å²) in [5.41, 5.74) is 7.04. The van der Waals surface area contributed by atoms with E-state index in [1.807, 2.05) is 103 Å². The lowest BCUT2D eigenvalue weighted by Crippen LogP contribution is -2.08. The maximum atomic E-state index is 6.42. The van der Waals surface area contributed by atoms with Crippen LogP contribution in [0.5, 0.6) is 0 Å². The molecule has 0 saturated carbocycles. The highest BCUT2D eigenvalue weighted by Gasteiger charge is 2.16. The average Bonchev–Trinajstić information content (AvgIpc) is 3.10. The summed E-state index contributed by atoms with van der Waals surface area (Å²) in [5, 5.41) is 7.50. The van der Waals surface area contributed by atoms with Gasteiger partial charge in [0.2, 0.25) is 0 Å². The fourth-order valence-electron chi connectivity index (χ4n) is 3.52. The summed E-state index contributed by atoms with van der Waals surface area (Å²) in [6.45, 7) is 0. The second-order valence-corrected chi connectivity index (χ2v) is 7.46. The van der Waals surface area contributed by atoms with Crippen molar-refractivity contribution in [3.8, 4) is 11.3 Å². The van der Waals surface area contributed by atoms with Crippen LogP contribution in [0.25, 0.3) is 28.0 Å². The zero-order chi connectivity index (χ0) is 21.0. The van der Waals surface area contributed by atoms with Crippen molar-refractivity contribution >= 4 is 39.7 Å². The second-order valence-electron chi connectivity index (χ2n) is 7.05. The third-order valence-corrected chi connectivity index (χ3v) is 5.35. The summed E-state index contributed by atoms with van der Waals surface area (Å²) < 4.78 is 0. The largest absolute Gasteiger partial charge is 0.361 e. The van der Waals surface area contributed by atoms with Crippen molar-refractivity contribution < 1.29 is 0 Å². The van der Waals surface area contributed by atoms with E-state index in [4.69, 9.17) is 21.6 Å². The van der Waals surface area contributed by atoms with Crippen LogP contribution in [0.15, 0.2) is 103 Å². The summed E-state index contributed by atoms with van der Waals surface area (Å²) in [4.78, 5) is 9.71. The molecule has 0 unspecified atom stereocenters. The lowest BCUT2D eigenvalue weighted by Gasteiger charge is -2.17. The van der Waals surface area contributed by atoms with Crippen molar-refractivity contribution in [3.05, 3.63) is 114 Å². The fraction of sp³-hybridized carbons (Fsp3) is 0. The fourth-order valence-corrected chi connectivity index (χ4v) is 3.71. The number of halogens is 1. The smallest absolute Gasteiger partial charge is 0.101 e. The number of benzene rings is 3. The normalized spacial score (nSPS) is 12.9. The Morgan fingerprint density at radius 3 is 2.52 bits per heavy atom. The summed E-state index contributed by atoms with van der Waals surface area (Å²) >= 11 is 6.42. The van der Waals surface area contributed by atoms with Gasteiger partial charge in [0.1, 0.15) is 5.52 Å². The molecule has 0 aliphatic carbocycles. The van der Waals surface area contributed by atoms with Crippen molar-refractivity contribution in [3.63, 3.8) is 0 Å². The molecule has 1 aliphatic rings. The molecule has 150 valence electrons. The first-order chi connectivity index (χ1) is 15.3. The summed E-state index contributed by atoms with van der Waals surface area (Å²) in [6, 6.07) is 21.8. The van der Waals surface area contributed by atoms with Gasteiger partial charge in [0.25, 0.3) is 0 Å². The van der Waals surface area contributed by atoms with Gasteiger partial charge in [-0.3, -0.25) is 4.98 Å². The molecule has 2 heterocycles. The Kier molecular flexibility index (Phi) is 5.21. The highest BCUT2D eigenvalue weighted by atomic mass is 35.5. The topological polar surface area (TPSA) is 49.8 Å². The second kappa shape index (κ2) is 8.46. The molecule has 1 aromatic heterocycles. The number of allylic oxidation sites excluding steroid dienone is 4. The van der Waals surface area contributed by atoms with Gasteiger partial charge in [-0.25, -0.2) is 4.98 Å². The Hall–Kier alpha value is -3.89. The molecule has 0 amide bonds. The molecule has 0 saturated heterocycles. The number of fused-ring (bicyclic) bond motifs is 1. The van der Waals surface area contributed by atoms with Gasteiger partial charge in [0.05, 0.1) is 33.8 Å². The number of nitrogens with zero attached hydrogens (tertiary/aromatic N) is 2. The Bertz CT molecular complexity index is 1340. The molecule has 4 aromatic rings. The molecule has 0 atom stereocenters. The zero-order valence-electron chi connectivity index (χ0n) is 16.6. The van der Waals surface area contributed by atoms with E-state index < -0.39 is 0 Å². The standard InChI is InChI=1S/C26H19ClN4/c27-19-11-6-7-12-20(19)30-22-14-15-23-26(25(22)21-13-5-2-8-16-28-21)31-24(17-29-23)18-9-3-1-4-10-18/h1-17,28,30H. The molecule has 0 fully saturated rings. The molecule has 2 N–H and O–H groups in total. The van der Waals surface area contributed by atoms with Crippen LogP contribution >= 0.6 is 11.6 Å². The molecule has 5 rings (SSSR count). The van der Waals surface area contributed by atoms with Crippen LogP contribution in [0, 0.1) is 0 Å². The van der Waals surface area contributed by atoms with Gasteiger partial charge in [-0.05, 0) is 36.4 Å². The Morgan fingerprint density at radius 2 is 1.65 bits per heavy atom. The molecule has 4 nitrogen and oxygen atoms in total. The Morgan fingerprint density at radius 1 is 0.806 bits per heavy atom. The monoisotopic (exact) mass is 422 g/mol. The van der Waals surface area contributed by atoms with Crippen LogP contribution in [-0.4, -0.2) is 9.97 Å². The van der Waals surface area contributed by atoms with E-state index >= 15 is 0 Å². The average molecular weight is 423 g/mol. The van der Waals surface area contributed by atoms with E-state index in [2.05, 4.69) is 10.6 Å². The molecule has 31 heavy (non-hydrogen) atoms. The molecular weight excluding hydrogens is 404 g/mol. The van der Waals surface area contributed by atoms with Crippen molar-refractivity contribution in [1.29, 1.82) is 0 Å². The van der Waals surface area contributed by atoms with E-state index in [1.165, 1.54) is 0 Å². The lowest BCUT2D eigenvalue weighted by molar-refractivity contribution is 1.21. The number of hydrogen-bond acceptors (Lipinski definition) is 4. The first-order valence-electron chi connectivity index (χ1n) is 9.97. The molecule has 0 spiro atoms. The maximum absolute atomic E-state index is 6.42. The Balaban J connectivity index is 1.73. The summed E-state index contributed by atoms with van der Waals surface area (Å²) in [5.74, 6) is 0. The molecule has 1 aliphatic heterocycles. The van der Waals surface area contributed by atoms with E-state index in [1.54, 1.807) is 0 Å². The minimum atomic E-state index is 0.653. The molecule has 0 bridgehead atoms. The third kappa shape index (κ3) is 3.93. The van der Waals surface area contributed by atoms with Crippen molar-refractivity contribution in [2.24, 2.45) is 0 Å². The predicted octanol–water partition coefficient (Wildman–Crippen LogP) is 6.71. The van der Waals surface area contributed by atoms with Gasteiger partial charge in [-0.15, -0.1) is 0 Å². The minimum absolute atomic E-state index is 0.653. The number of nitrogens with one attached hydrogen (secondary N) is 2. The van der Waals surface area contributed by atoms with Crippen LogP contribution < -0.4 is 10.6 Å². The summed E-state index contributed by atoms with van der Waals surface area (Å²) in [6.07, 6.45) is 11.7. The number of aromatic nitrogens is 2. The van der Waals surface area contributed by atoms with E-state index in [0.29, 0.717) is 5.02 Å². The van der Waals surface area contributed by atoms with Gasteiger partial charge < -0.3 is 10.6 Å². The van der Waals surface area contributed by atoms with Gasteiger partial charge in [-0.1, -0.05) is 66.2 Å². The quantitative estimate of drug-likeness (QED) is 0.384. The third-order valence-electron chi connectivity index (χ3n) is 5.02. The van der Waals surface area contributed by atoms with Crippen LogP contribution in [-0.2, 0) is 0 Å². The van der Waals surface area contributed by atoms with Crippen LogP contribution in [0.1, 0.15) is 5.56 Å². The molecule has 5 heteroatoms. The highest BCUT2D eigenvalue weighted by molar-refractivity contribution is 6.33. The minimum Gasteiger partial charge on any atom is -0.361 e. The van der Waals surface area contributed by atoms with Crippen LogP contribution in [0.3, 0.4) is 0 Å². The summed E-state index contributed by atoms with van der Waals surface area (Å²) in [7, 11) is 0. The number of para-hydroxylation sites is 1. The van der Waals surface area contributed by atoms with Crippen molar-refractivity contribution in [2.45, 2.75) is 0 Å². The lowest BCUT2D eigenvalue weighted by atomic mass is 10.0. The van der Waals surface area contributed by atoms with Crippen molar-refractivity contribution in [2.75, 3.05) is 5.32 Å². The van der Waals surface area contributed by atoms with Gasteiger partial charge in [0, 0.05) is 23.0 Å². The molecule has 0 radical (unpaired) electrons. The van der Waals surface area contributed by atoms with E-state index in [0.717, 1.165) is 44.9 Å². The Labute approximate surface area is 185 Å². The zero-order valence-corrected chi connectivity index (χ0v) is 17.3.